The number of rotatable bonds is 4. The van der Waals surface area contributed by atoms with Gasteiger partial charge in [-0.1, -0.05) is 59.3 Å². The van der Waals surface area contributed by atoms with Gasteiger partial charge in [0.2, 0.25) is 0 Å². The molecular weight excluding hydrogens is 378 g/mol. The van der Waals surface area contributed by atoms with E-state index in [9.17, 15) is 0 Å². The van der Waals surface area contributed by atoms with Crippen molar-refractivity contribution in [2.45, 2.75) is 123 Å². The van der Waals surface area contributed by atoms with E-state index in [1.165, 1.54) is 109 Å². The molecule has 3 saturated carbocycles. The van der Waals surface area contributed by atoms with Crippen LogP contribution in [0.3, 0.4) is 0 Å². The fourth-order valence-electron chi connectivity index (χ4n) is 7.99. The van der Waals surface area contributed by atoms with E-state index in [2.05, 4.69) is 30.6 Å². The van der Waals surface area contributed by atoms with Gasteiger partial charge in [-0.15, -0.1) is 0 Å². The lowest BCUT2D eigenvalue weighted by atomic mass is 9.69. The quantitative estimate of drug-likeness (QED) is 0.495. The molecule has 3 aliphatic carbocycles. The van der Waals surface area contributed by atoms with Crippen molar-refractivity contribution in [2.75, 3.05) is 19.6 Å². The monoisotopic (exact) mass is 427 g/mol. The van der Waals surface area contributed by atoms with Crippen LogP contribution in [0, 0.1) is 29.1 Å². The first kappa shape index (κ1) is 22.1. The zero-order valence-electron chi connectivity index (χ0n) is 20.8. The van der Waals surface area contributed by atoms with E-state index in [4.69, 9.17) is 4.99 Å². The van der Waals surface area contributed by atoms with Gasteiger partial charge in [-0.05, 0) is 80.5 Å². The SMILES string of the molecule is CC(C)(C)C1CCC(CN2C3=NC[C@@H](C4CCCCC4)N3C[C@H]2C2CCCCC2)CC1. The van der Waals surface area contributed by atoms with Crippen LogP contribution in [-0.4, -0.2) is 47.5 Å². The van der Waals surface area contributed by atoms with E-state index in [0.717, 1.165) is 42.3 Å². The van der Waals surface area contributed by atoms with Gasteiger partial charge in [0, 0.05) is 13.1 Å². The molecule has 0 unspecified atom stereocenters. The first-order chi connectivity index (χ1) is 15.0. The lowest BCUT2D eigenvalue weighted by molar-refractivity contribution is 0.121. The Bertz CT molecular complexity index is 615. The summed E-state index contributed by atoms with van der Waals surface area (Å²) in [6.07, 6.45) is 20.4. The maximum atomic E-state index is 5.27. The minimum Gasteiger partial charge on any atom is -0.338 e. The molecule has 0 bridgehead atoms. The minimum absolute atomic E-state index is 0.489. The van der Waals surface area contributed by atoms with Gasteiger partial charge in [0.15, 0.2) is 5.96 Å². The predicted molar refractivity (Wildman–Crippen MR) is 131 cm³/mol. The maximum Gasteiger partial charge on any atom is 0.197 e. The highest BCUT2D eigenvalue weighted by Crippen LogP contribution is 2.43. The molecule has 2 heterocycles. The average molecular weight is 428 g/mol. The molecule has 0 aromatic carbocycles. The molecule has 0 aromatic heterocycles. The average Bonchev–Trinajstić information content (AvgIpc) is 3.35. The van der Waals surface area contributed by atoms with Crippen LogP contribution in [0.2, 0.25) is 0 Å². The van der Waals surface area contributed by atoms with Gasteiger partial charge in [-0.2, -0.15) is 0 Å². The van der Waals surface area contributed by atoms with Crippen molar-refractivity contribution in [2.24, 2.45) is 34.1 Å². The largest absolute Gasteiger partial charge is 0.338 e. The van der Waals surface area contributed by atoms with Gasteiger partial charge >= 0.3 is 0 Å². The van der Waals surface area contributed by atoms with Gasteiger partial charge in [0.05, 0.1) is 18.6 Å². The third-order valence-electron chi connectivity index (χ3n) is 10.0. The number of guanidine groups is 1. The molecule has 4 fully saturated rings. The highest BCUT2D eigenvalue weighted by atomic mass is 15.5. The summed E-state index contributed by atoms with van der Waals surface area (Å²) in [5, 5.41) is 0. The van der Waals surface area contributed by atoms with Crippen LogP contribution in [0.4, 0.5) is 0 Å². The van der Waals surface area contributed by atoms with Crippen LogP contribution >= 0.6 is 0 Å². The summed E-state index contributed by atoms with van der Waals surface area (Å²) in [4.78, 5) is 11.0. The van der Waals surface area contributed by atoms with Crippen LogP contribution in [0.15, 0.2) is 4.99 Å². The molecule has 0 N–H and O–H groups in total. The third-order valence-corrected chi connectivity index (χ3v) is 10.0. The fraction of sp³-hybridized carbons (Fsp3) is 0.964. The molecule has 3 nitrogen and oxygen atoms in total. The molecule has 2 atom stereocenters. The van der Waals surface area contributed by atoms with E-state index in [1.807, 2.05) is 0 Å². The smallest absolute Gasteiger partial charge is 0.197 e. The Morgan fingerprint density at radius 1 is 0.742 bits per heavy atom. The fourth-order valence-corrected chi connectivity index (χ4v) is 7.99. The topological polar surface area (TPSA) is 18.8 Å². The summed E-state index contributed by atoms with van der Waals surface area (Å²) in [5.74, 6) is 5.07. The predicted octanol–water partition coefficient (Wildman–Crippen LogP) is 6.72. The normalized spacial score (nSPS) is 36.0. The standard InChI is InChI=1S/C28H49N3/c1-28(2,3)24-16-14-21(15-17-24)19-30-26(23-12-8-5-9-13-23)20-31-25(18-29-27(30)31)22-10-6-4-7-11-22/h21-26H,4-20H2,1-3H3/t21?,24?,25-,26-/m0/s1. The Hall–Kier alpha value is -0.730. The maximum absolute atomic E-state index is 5.27. The molecule has 31 heavy (non-hydrogen) atoms. The van der Waals surface area contributed by atoms with E-state index < -0.39 is 0 Å². The van der Waals surface area contributed by atoms with E-state index in [0.29, 0.717) is 5.41 Å². The molecule has 176 valence electrons. The molecule has 5 rings (SSSR count). The Kier molecular flexibility index (Phi) is 6.59. The second kappa shape index (κ2) is 9.26. The Labute approximate surface area is 192 Å². The summed E-state index contributed by atoms with van der Waals surface area (Å²) in [7, 11) is 0. The molecule has 0 aromatic rings. The number of hydrogen-bond donors (Lipinski definition) is 0. The van der Waals surface area contributed by atoms with Gasteiger partial charge < -0.3 is 9.80 Å². The summed E-state index contributed by atoms with van der Waals surface area (Å²) < 4.78 is 0. The molecule has 0 spiro atoms. The van der Waals surface area contributed by atoms with Crippen molar-refractivity contribution < 1.29 is 0 Å². The molecular formula is C28H49N3. The summed E-state index contributed by atoms with van der Waals surface area (Å²) >= 11 is 0. The lowest BCUT2D eigenvalue weighted by Gasteiger charge is -2.40. The van der Waals surface area contributed by atoms with E-state index >= 15 is 0 Å². The molecule has 2 aliphatic heterocycles. The number of fused-ring (bicyclic) bond motifs is 1. The summed E-state index contributed by atoms with van der Waals surface area (Å²) in [6, 6.07) is 1.48. The number of hydrogen-bond acceptors (Lipinski definition) is 3. The second-order valence-electron chi connectivity index (χ2n) is 13.0. The Morgan fingerprint density at radius 3 is 1.90 bits per heavy atom. The molecule has 1 saturated heterocycles. The van der Waals surface area contributed by atoms with Gasteiger partial charge in [-0.25, -0.2) is 0 Å². The summed E-state index contributed by atoms with van der Waals surface area (Å²) in [6.45, 7) is 11.0. The second-order valence-corrected chi connectivity index (χ2v) is 13.0. The molecule has 0 amide bonds. The van der Waals surface area contributed by atoms with Gasteiger partial charge in [0.1, 0.15) is 0 Å². The van der Waals surface area contributed by atoms with Crippen LogP contribution in [0.5, 0.6) is 0 Å². The number of nitrogens with zero attached hydrogens (tertiary/aromatic N) is 3. The third kappa shape index (κ3) is 4.67. The Balaban J connectivity index is 1.28. The minimum atomic E-state index is 0.489. The van der Waals surface area contributed by atoms with Crippen molar-refractivity contribution in [1.82, 2.24) is 9.80 Å². The van der Waals surface area contributed by atoms with E-state index in [-0.39, 0.29) is 0 Å². The summed E-state index contributed by atoms with van der Waals surface area (Å²) in [5.41, 5.74) is 0.489. The zero-order valence-corrected chi connectivity index (χ0v) is 20.8. The van der Waals surface area contributed by atoms with E-state index in [1.54, 1.807) is 0 Å². The highest BCUT2D eigenvalue weighted by molar-refractivity contribution is 5.84. The molecule has 3 heteroatoms. The van der Waals surface area contributed by atoms with Crippen molar-refractivity contribution in [3.05, 3.63) is 0 Å². The first-order valence-electron chi connectivity index (χ1n) is 14.1. The highest BCUT2D eigenvalue weighted by Gasteiger charge is 2.47. The first-order valence-corrected chi connectivity index (χ1v) is 14.1. The Morgan fingerprint density at radius 2 is 1.32 bits per heavy atom. The van der Waals surface area contributed by atoms with Crippen LogP contribution < -0.4 is 0 Å². The van der Waals surface area contributed by atoms with Crippen molar-refractivity contribution in [1.29, 1.82) is 0 Å². The van der Waals surface area contributed by atoms with Crippen molar-refractivity contribution >= 4 is 5.96 Å². The van der Waals surface area contributed by atoms with Crippen LogP contribution in [0.25, 0.3) is 0 Å². The van der Waals surface area contributed by atoms with Crippen molar-refractivity contribution in [3.8, 4) is 0 Å². The van der Waals surface area contributed by atoms with Crippen molar-refractivity contribution in [3.63, 3.8) is 0 Å². The lowest BCUT2D eigenvalue weighted by Crippen LogP contribution is -2.44. The zero-order chi connectivity index (χ0) is 21.4. The molecule has 0 radical (unpaired) electrons. The van der Waals surface area contributed by atoms with Gasteiger partial charge in [0.25, 0.3) is 0 Å². The molecule has 5 aliphatic rings. The van der Waals surface area contributed by atoms with Crippen LogP contribution in [-0.2, 0) is 0 Å². The number of aliphatic imine (C=N–C) groups is 1. The van der Waals surface area contributed by atoms with Crippen LogP contribution in [0.1, 0.15) is 111 Å². The van der Waals surface area contributed by atoms with Gasteiger partial charge in [-0.3, -0.25) is 4.99 Å².